The molecule has 1 amide bonds. The molecule has 0 unspecified atom stereocenters. The summed E-state index contributed by atoms with van der Waals surface area (Å²) in [5.74, 6) is 0.650. The summed E-state index contributed by atoms with van der Waals surface area (Å²) in [4.78, 5) is 12.6. The van der Waals surface area contributed by atoms with Crippen molar-refractivity contribution in [2.45, 2.75) is 54.6 Å². The fourth-order valence-electron chi connectivity index (χ4n) is 4.03. The number of amides is 1. The first kappa shape index (κ1) is 30.0. The number of rotatable bonds is 12. The zero-order valence-corrected chi connectivity index (χ0v) is 24.7. The average Bonchev–Trinajstić information content (AvgIpc) is 3.26. The van der Waals surface area contributed by atoms with Crippen LogP contribution in [-0.4, -0.2) is 78.1 Å². The molecule has 3 rings (SSSR count). The van der Waals surface area contributed by atoms with Crippen LogP contribution in [0.3, 0.4) is 0 Å². The molecule has 2 radical (unpaired) electrons. The summed E-state index contributed by atoms with van der Waals surface area (Å²) < 4.78 is 34.8. The summed E-state index contributed by atoms with van der Waals surface area (Å²) in [5.41, 5.74) is 1.84. The van der Waals surface area contributed by atoms with Gasteiger partial charge in [-0.1, -0.05) is 0 Å². The maximum absolute atomic E-state index is 13.6. The molecule has 0 aliphatic carbocycles. The Kier molecular flexibility index (Phi) is 11.9. The van der Waals surface area contributed by atoms with Crippen LogP contribution in [0.5, 0.6) is 5.75 Å². The Hall–Kier alpha value is -1.27. The minimum absolute atomic E-state index is 0. The van der Waals surface area contributed by atoms with Crippen molar-refractivity contribution in [2.75, 3.05) is 19.7 Å². The quantitative estimate of drug-likeness (QED) is 0.213. The van der Waals surface area contributed by atoms with Gasteiger partial charge < -0.3 is 18.2 Å². The topological polar surface area (TPSA) is 95.9 Å². The van der Waals surface area contributed by atoms with Crippen molar-refractivity contribution < 1.29 is 23.1 Å². The Morgan fingerprint density at radius 3 is 2.54 bits per heavy atom. The van der Waals surface area contributed by atoms with E-state index >= 15 is 0 Å². The number of benzene rings is 2. The molecule has 35 heavy (non-hydrogen) atoms. The number of aliphatic hydroxyl groups is 1. The van der Waals surface area contributed by atoms with E-state index in [1.54, 1.807) is 18.2 Å². The van der Waals surface area contributed by atoms with E-state index in [0.717, 1.165) is 21.3 Å². The van der Waals surface area contributed by atoms with Gasteiger partial charge in [0.25, 0.3) is 0 Å². The van der Waals surface area contributed by atoms with Gasteiger partial charge in [-0.2, -0.15) is 0 Å². The van der Waals surface area contributed by atoms with Crippen LogP contribution in [0.15, 0.2) is 53.4 Å². The Morgan fingerprint density at radius 1 is 1.17 bits per heavy atom. The van der Waals surface area contributed by atoms with Gasteiger partial charge in [-0.05, 0) is 0 Å². The Labute approximate surface area is 229 Å². The average molecular weight is 625 g/mol. The zero-order valence-electron chi connectivity index (χ0n) is 20.2. The van der Waals surface area contributed by atoms with Gasteiger partial charge in [0, 0.05) is 6.42 Å². The van der Waals surface area contributed by atoms with Gasteiger partial charge in [-0.25, -0.2) is 0 Å². The van der Waals surface area contributed by atoms with E-state index in [1.165, 1.54) is 26.8 Å². The molecule has 0 saturated heterocycles. The van der Waals surface area contributed by atoms with Gasteiger partial charge in [-0.3, -0.25) is 0 Å². The van der Waals surface area contributed by atoms with E-state index in [4.69, 9.17) is 4.74 Å². The predicted octanol–water partition coefficient (Wildman–Crippen LogP) is 2.06. The molecule has 0 spiro atoms. The van der Waals surface area contributed by atoms with Crippen LogP contribution in [-0.2, 0) is 41.2 Å². The van der Waals surface area contributed by atoms with Crippen molar-refractivity contribution in [1.82, 2.24) is 9.62 Å². The number of fused-ring (bicyclic) bond motifs is 1. The molecule has 2 aromatic carbocycles. The van der Waals surface area contributed by atoms with Crippen molar-refractivity contribution in [2.24, 2.45) is 5.92 Å². The van der Waals surface area contributed by atoms with Crippen molar-refractivity contribution in [3.63, 3.8) is 0 Å². The van der Waals surface area contributed by atoms with Gasteiger partial charge in [0.1, 0.15) is 5.75 Å². The molecule has 0 aromatic heterocycles. The van der Waals surface area contributed by atoms with Gasteiger partial charge in [0.2, 0.25) is 0 Å². The SMILES string of the molecule is CC(C)CN(C[C@@H](O)[C@H](Cc1ccccc1)NC(=O)C[CH2][Sn+])S(=O)(=O)c1ccc2c(c1)CCO2.[SH-]. The van der Waals surface area contributed by atoms with Gasteiger partial charge >= 0.3 is 193 Å². The largest absolute Gasteiger partial charge is 0.813 e. The summed E-state index contributed by atoms with van der Waals surface area (Å²) in [7, 11) is -3.85. The molecule has 7 nitrogen and oxygen atoms in total. The fourth-order valence-corrected chi connectivity index (χ4v) is 6.35. The van der Waals surface area contributed by atoms with Crippen LogP contribution in [0, 0.1) is 5.92 Å². The molecular weight excluding hydrogens is 591 g/mol. The number of ether oxygens (including phenoxy) is 1. The molecule has 1 aliphatic rings. The van der Waals surface area contributed by atoms with Crippen molar-refractivity contribution in [3.05, 3.63) is 59.7 Å². The molecule has 2 atom stereocenters. The van der Waals surface area contributed by atoms with Gasteiger partial charge in [-0.15, -0.1) is 0 Å². The number of nitrogens with zero attached hydrogens (tertiary/aromatic N) is 1. The second-order valence-corrected chi connectivity index (χ2v) is 12.4. The molecule has 2 aromatic rings. The van der Waals surface area contributed by atoms with E-state index in [0.29, 0.717) is 25.9 Å². The Morgan fingerprint density at radius 2 is 1.89 bits per heavy atom. The smallest absolute Gasteiger partial charge is 0.0924 e. The summed E-state index contributed by atoms with van der Waals surface area (Å²) in [6, 6.07) is 13.9. The summed E-state index contributed by atoms with van der Waals surface area (Å²) >= 11 is 1.27. The Balaban J connectivity index is 0.00000432. The number of carbonyl (C=O) groups is 1. The number of carbonyl (C=O) groups excluding carboxylic acids is 1. The third kappa shape index (κ3) is 8.38. The van der Waals surface area contributed by atoms with Crippen molar-refractivity contribution in [3.8, 4) is 5.75 Å². The zero-order chi connectivity index (χ0) is 24.7. The molecule has 0 saturated carbocycles. The molecule has 1 aliphatic heterocycles. The maximum atomic E-state index is 13.6. The first-order valence-electron chi connectivity index (χ1n) is 11.6. The monoisotopic (exact) mass is 626 g/mol. The molecule has 190 valence electrons. The van der Waals surface area contributed by atoms with Crippen LogP contribution in [0.1, 0.15) is 31.4 Å². The van der Waals surface area contributed by atoms with Crippen LogP contribution in [0.2, 0.25) is 4.44 Å². The second kappa shape index (κ2) is 13.9. The van der Waals surface area contributed by atoms with E-state index in [1.807, 2.05) is 44.2 Å². The molecule has 10 heteroatoms. The number of hydrogen-bond acceptors (Lipinski definition) is 6. The Bertz CT molecular complexity index is 1070. The minimum Gasteiger partial charge on any atom is -0.813 e. The third-order valence-corrected chi connectivity index (χ3v) is 8.26. The molecular formula is C25H34N2O5S2Sn. The van der Waals surface area contributed by atoms with E-state index in [9.17, 15) is 18.3 Å². The van der Waals surface area contributed by atoms with Crippen LogP contribution >= 0.6 is 0 Å². The normalized spacial score (nSPS) is 14.7. The molecule has 0 fully saturated rings. The predicted molar refractivity (Wildman–Crippen MR) is 141 cm³/mol. The first-order valence-corrected chi connectivity index (χ1v) is 15.1. The van der Waals surface area contributed by atoms with E-state index in [-0.39, 0.29) is 43.3 Å². The molecule has 2 N–H and O–H groups in total. The fraction of sp³-hybridized carbons (Fsp3) is 0.480. The number of hydrogen-bond donors (Lipinski definition) is 2. The number of nitrogens with one attached hydrogen (secondary N) is 1. The number of sulfonamides is 1. The summed E-state index contributed by atoms with van der Waals surface area (Å²) in [6.07, 6.45) is 0.411. The first-order chi connectivity index (χ1) is 16.2. The van der Waals surface area contributed by atoms with Crippen LogP contribution in [0.25, 0.3) is 0 Å². The van der Waals surface area contributed by atoms with Crippen molar-refractivity contribution in [1.29, 1.82) is 0 Å². The van der Waals surface area contributed by atoms with E-state index < -0.39 is 22.2 Å². The van der Waals surface area contributed by atoms with Gasteiger partial charge in [0.15, 0.2) is 0 Å². The number of thiol groups is 1. The van der Waals surface area contributed by atoms with Crippen LogP contribution < -0.4 is 10.1 Å². The summed E-state index contributed by atoms with van der Waals surface area (Å²) in [6.45, 7) is 4.59. The third-order valence-electron chi connectivity index (χ3n) is 5.72. The van der Waals surface area contributed by atoms with Crippen molar-refractivity contribution >= 4 is 52.0 Å². The van der Waals surface area contributed by atoms with E-state index in [2.05, 4.69) is 5.32 Å². The maximum Gasteiger partial charge on any atom is 0.0924 e. The molecule has 0 bridgehead atoms. The molecule has 1 heterocycles. The number of aliphatic hydroxyl groups excluding tert-OH is 1. The van der Waals surface area contributed by atoms with Gasteiger partial charge in [0.05, 0.1) is 6.61 Å². The van der Waals surface area contributed by atoms with Crippen LogP contribution in [0.4, 0.5) is 0 Å². The standard InChI is InChI=1S/C25H33N2O5S.H2S.Sn/c1-4-25(29)26-22(14-19-8-6-5-7-9-19)23(28)17-27(16-18(2)3)33(30,31)21-10-11-24-20(15-21)12-13-32-24;;/h5-11,15,18,22-23,28H,1,4,12-14,16-17H2,2-3H3,(H,26,29);1H2;/q;;+1/p-1/t22-,23+;;/m0../s1. The second-order valence-electron chi connectivity index (χ2n) is 9.01. The minimum atomic E-state index is -3.85. The summed E-state index contributed by atoms with van der Waals surface area (Å²) in [5, 5.41) is 14.1.